The quantitative estimate of drug-likeness (QED) is 0.723. The van der Waals surface area contributed by atoms with Gasteiger partial charge in [-0.3, -0.25) is 4.79 Å². The van der Waals surface area contributed by atoms with Crippen molar-refractivity contribution in [1.29, 1.82) is 0 Å². The third kappa shape index (κ3) is 4.75. The first kappa shape index (κ1) is 19.6. The van der Waals surface area contributed by atoms with Crippen molar-refractivity contribution in [3.63, 3.8) is 0 Å². The molecule has 2 aromatic carbocycles. The van der Waals surface area contributed by atoms with E-state index >= 15 is 0 Å². The van der Waals surface area contributed by atoms with Crippen molar-refractivity contribution >= 4 is 28.9 Å². The van der Waals surface area contributed by atoms with Crippen LogP contribution >= 0.6 is 11.6 Å². The Balaban J connectivity index is 1.71. The lowest BCUT2D eigenvalue weighted by atomic mass is 10.0. The number of carbonyl (C=O) groups is 1. The lowest BCUT2D eigenvalue weighted by Crippen LogP contribution is -2.24. The molecular weight excluding hydrogens is 360 g/mol. The van der Waals surface area contributed by atoms with Crippen molar-refractivity contribution in [2.75, 3.05) is 29.9 Å². The summed E-state index contributed by atoms with van der Waals surface area (Å²) in [6.07, 6.45) is 2.29. The van der Waals surface area contributed by atoms with Crippen molar-refractivity contribution in [2.24, 2.45) is 0 Å². The largest absolute Gasteiger partial charge is 0.483 e. The minimum atomic E-state index is -0.186. The fourth-order valence-electron chi connectivity index (χ4n) is 3.45. The number of ether oxygens (including phenoxy) is 1. The molecule has 1 heterocycles. The van der Waals surface area contributed by atoms with Crippen molar-refractivity contribution in [3.8, 4) is 5.75 Å². The average Bonchev–Trinajstić information content (AvgIpc) is 3.14. The van der Waals surface area contributed by atoms with Crippen LogP contribution in [0.25, 0.3) is 0 Å². The van der Waals surface area contributed by atoms with Gasteiger partial charge in [-0.2, -0.15) is 0 Å². The summed E-state index contributed by atoms with van der Waals surface area (Å²) in [5.41, 5.74) is 3.87. The van der Waals surface area contributed by atoms with Crippen LogP contribution in [0, 0.1) is 6.92 Å². The molecule has 1 N–H and O–H groups in total. The van der Waals surface area contributed by atoms with Crippen LogP contribution in [-0.2, 0) is 4.79 Å². The molecule has 1 amide bonds. The Morgan fingerprint density at radius 3 is 2.67 bits per heavy atom. The van der Waals surface area contributed by atoms with E-state index in [9.17, 15) is 4.79 Å². The summed E-state index contributed by atoms with van der Waals surface area (Å²) < 4.78 is 5.85. The van der Waals surface area contributed by atoms with E-state index in [4.69, 9.17) is 16.3 Å². The molecule has 5 heteroatoms. The molecule has 1 aliphatic heterocycles. The molecular formula is C22H27ClN2O2. The molecule has 144 valence electrons. The predicted molar refractivity (Wildman–Crippen MR) is 112 cm³/mol. The fourth-order valence-corrected chi connectivity index (χ4v) is 3.75. The van der Waals surface area contributed by atoms with Crippen molar-refractivity contribution in [1.82, 2.24) is 0 Å². The SMILES string of the molecule is Cc1ccc(C(C)C)c(OCC(=O)Nc2cccc(Cl)c2N2CCCC2)c1. The number of anilines is 2. The van der Waals surface area contributed by atoms with E-state index < -0.39 is 0 Å². The number of aryl methyl sites for hydroxylation is 1. The monoisotopic (exact) mass is 386 g/mol. The summed E-state index contributed by atoms with van der Waals surface area (Å²) in [4.78, 5) is 14.8. The molecule has 0 radical (unpaired) electrons. The summed E-state index contributed by atoms with van der Waals surface area (Å²) in [5.74, 6) is 0.915. The maximum absolute atomic E-state index is 12.5. The van der Waals surface area contributed by atoms with Gasteiger partial charge in [0.25, 0.3) is 5.91 Å². The molecule has 0 aromatic heterocycles. The van der Waals surface area contributed by atoms with Gasteiger partial charge in [-0.25, -0.2) is 0 Å². The fraction of sp³-hybridized carbons (Fsp3) is 0.409. The second kappa shape index (κ2) is 8.66. The number of nitrogens with one attached hydrogen (secondary N) is 1. The number of halogens is 1. The van der Waals surface area contributed by atoms with E-state index in [-0.39, 0.29) is 12.5 Å². The lowest BCUT2D eigenvalue weighted by Gasteiger charge is -2.23. The van der Waals surface area contributed by atoms with Crippen LogP contribution < -0.4 is 15.0 Å². The van der Waals surface area contributed by atoms with Gasteiger partial charge in [-0.15, -0.1) is 0 Å². The molecule has 0 spiro atoms. The maximum atomic E-state index is 12.5. The van der Waals surface area contributed by atoms with E-state index in [0.717, 1.165) is 54.2 Å². The molecule has 27 heavy (non-hydrogen) atoms. The number of nitrogens with zero attached hydrogens (tertiary/aromatic N) is 1. The molecule has 0 saturated carbocycles. The summed E-state index contributed by atoms with van der Waals surface area (Å²) >= 11 is 6.41. The molecule has 0 unspecified atom stereocenters. The second-order valence-corrected chi connectivity index (χ2v) is 7.77. The standard InChI is InChI=1S/C22H27ClN2O2/c1-15(2)17-10-9-16(3)13-20(17)27-14-21(26)24-19-8-6-7-18(23)22(19)25-11-4-5-12-25/h6-10,13,15H,4-5,11-12,14H2,1-3H3,(H,24,26). The molecule has 0 aliphatic carbocycles. The summed E-state index contributed by atoms with van der Waals surface area (Å²) in [7, 11) is 0. The highest BCUT2D eigenvalue weighted by molar-refractivity contribution is 6.34. The molecule has 1 aliphatic rings. The molecule has 1 fully saturated rings. The summed E-state index contributed by atoms with van der Waals surface area (Å²) in [6.45, 7) is 8.15. The minimum absolute atomic E-state index is 0.0326. The van der Waals surface area contributed by atoms with Gasteiger partial charge in [0, 0.05) is 13.1 Å². The van der Waals surface area contributed by atoms with Gasteiger partial charge in [-0.1, -0.05) is 43.6 Å². The number of hydrogen-bond donors (Lipinski definition) is 1. The highest BCUT2D eigenvalue weighted by atomic mass is 35.5. The van der Waals surface area contributed by atoms with E-state index in [1.54, 1.807) is 0 Å². The number of carbonyl (C=O) groups excluding carboxylic acids is 1. The molecule has 3 rings (SSSR count). The first-order valence-corrected chi connectivity index (χ1v) is 9.90. The van der Waals surface area contributed by atoms with Crippen LogP contribution in [0.2, 0.25) is 5.02 Å². The highest BCUT2D eigenvalue weighted by Crippen LogP contribution is 2.36. The van der Waals surface area contributed by atoms with E-state index in [2.05, 4.69) is 36.2 Å². The van der Waals surface area contributed by atoms with Gasteiger partial charge < -0.3 is 15.0 Å². The van der Waals surface area contributed by atoms with Gasteiger partial charge in [0.05, 0.1) is 16.4 Å². The first-order valence-electron chi connectivity index (χ1n) is 9.52. The third-order valence-corrected chi connectivity index (χ3v) is 5.14. The van der Waals surface area contributed by atoms with Crippen molar-refractivity contribution in [3.05, 3.63) is 52.5 Å². The number of para-hydroxylation sites is 1. The van der Waals surface area contributed by atoms with Crippen LogP contribution in [-0.4, -0.2) is 25.6 Å². The molecule has 2 aromatic rings. The van der Waals surface area contributed by atoms with Gasteiger partial charge in [0.15, 0.2) is 6.61 Å². The van der Waals surface area contributed by atoms with Crippen LogP contribution in [0.5, 0.6) is 5.75 Å². The predicted octanol–water partition coefficient (Wildman–Crippen LogP) is 5.39. The van der Waals surface area contributed by atoms with Crippen molar-refractivity contribution in [2.45, 2.75) is 39.5 Å². The zero-order valence-corrected chi connectivity index (χ0v) is 17.0. The van der Waals surface area contributed by atoms with Gasteiger partial charge in [0.1, 0.15) is 5.75 Å². The third-order valence-electron chi connectivity index (χ3n) is 4.83. The van der Waals surface area contributed by atoms with Gasteiger partial charge in [0.2, 0.25) is 0 Å². The second-order valence-electron chi connectivity index (χ2n) is 7.36. The summed E-state index contributed by atoms with van der Waals surface area (Å²) in [6, 6.07) is 11.7. The number of benzene rings is 2. The normalized spacial score (nSPS) is 13.9. The van der Waals surface area contributed by atoms with Gasteiger partial charge >= 0.3 is 0 Å². The topological polar surface area (TPSA) is 41.6 Å². The number of hydrogen-bond acceptors (Lipinski definition) is 3. The Labute approximate surface area is 166 Å². The smallest absolute Gasteiger partial charge is 0.262 e. The summed E-state index contributed by atoms with van der Waals surface area (Å²) in [5, 5.41) is 3.64. The average molecular weight is 387 g/mol. The Morgan fingerprint density at radius 2 is 1.96 bits per heavy atom. The highest BCUT2D eigenvalue weighted by Gasteiger charge is 2.20. The van der Waals surface area contributed by atoms with Crippen LogP contribution in [0.1, 0.15) is 43.7 Å². The molecule has 1 saturated heterocycles. The lowest BCUT2D eigenvalue weighted by molar-refractivity contribution is -0.118. The zero-order valence-electron chi connectivity index (χ0n) is 16.2. The number of amides is 1. The number of rotatable bonds is 6. The van der Waals surface area contributed by atoms with Crippen molar-refractivity contribution < 1.29 is 9.53 Å². The van der Waals surface area contributed by atoms with Gasteiger partial charge in [-0.05, 0) is 55.0 Å². The Hall–Kier alpha value is -2.20. The van der Waals surface area contributed by atoms with Crippen LogP contribution in [0.3, 0.4) is 0 Å². The van der Waals surface area contributed by atoms with E-state index in [0.29, 0.717) is 10.9 Å². The van der Waals surface area contributed by atoms with Crippen LogP contribution in [0.15, 0.2) is 36.4 Å². The molecule has 0 bridgehead atoms. The van der Waals surface area contributed by atoms with E-state index in [1.807, 2.05) is 31.2 Å². The Kier molecular flexibility index (Phi) is 6.27. The minimum Gasteiger partial charge on any atom is -0.483 e. The first-order chi connectivity index (χ1) is 13.0. The molecule has 4 nitrogen and oxygen atoms in total. The zero-order chi connectivity index (χ0) is 19.4. The molecule has 0 atom stereocenters. The maximum Gasteiger partial charge on any atom is 0.262 e. The Bertz CT molecular complexity index is 814. The Morgan fingerprint density at radius 1 is 1.22 bits per heavy atom. The van der Waals surface area contributed by atoms with E-state index in [1.165, 1.54) is 0 Å². The van der Waals surface area contributed by atoms with Crippen LogP contribution in [0.4, 0.5) is 11.4 Å².